The molecule has 0 unspecified atom stereocenters. The molecular formula is C43H47N3O7Si. The number of benzene rings is 4. The summed E-state index contributed by atoms with van der Waals surface area (Å²) in [6, 6.07) is 31.4. The minimum Gasteiger partial charge on any atom is -0.497 e. The Balaban J connectivity index is 1.23. The van der Waals surface area contributed by atoms with Gasteiger partial charge in [-0.3, -0.25) is 14.5 Å². The van der Waals surface area contributed by atoms with Crippen LogP contribution in [0.4, 0.5) is 16.2 Å². The highest BCUT2D eigenvalue weighted by atomic mass is 28.3. The first-order valence-electron chi connectivity index (χ1n) is 18.8. The number of fused-ring (bicyclic) bond motifs is 3. The normalized spacial score (nSPS) is 24.9. The number of hydrogen-bond donors (Lipinski definition) is 1. The van der Waals surface area contributed by atoms with Crippen molar-refractivity contribution < 1.29 is 33.7 Å². The Morgan fingerprint density at radius 2 is 1.69 bits per heavy atom. The Morgan fingerprint density at radius 3 is 2.37 bits per heavy atom. The molecular weight excluding hydrogens is 699 g/mol. The van der Waals surface area contributed by atoms with Gasteiger partial charge >= 0.3 is 6.09 Å². The molecule has 4 aliphatic heterocycles. The first kappa shape index (κ1) is 36.0. The molecule has 0 saturated carbocycles. The lowest BCUT2D eigenvalue weighted by atomic mass is 9.82. The van der Waals surface area contributed by atoms with E-state index in [-0.39, 0.29) is 48.9 Å². The smallest absolute Gasteiger partial charge is 0.414 e. The van der Waals surface area contributed by atoms with Crippen molar-refractivity contribution in [2.75, 3.05) is 36.7 Å². The van der Waals surface area contributed by atoms with Crippen molar-refractivity contribution in [3.05, 3.63) is 119 Å². The molecule has 1 spiro atoms. The molecule has 11 heteroatoms. The van der Waals surface area contributed by atoms with Gasteiger partial charge in [0.25, 0.3) is 5.91 Å². The number of methoxy groups -OCH3 is 1. The van der Waals surface area contributed by atoms with Gasteiger partial charge in [-0.2, -0.15) is 0 Å². The maximum Gasteiger partial charge on any atom is 0.414 e. The van der Waals surface area contributed by atoms with Crippen LogP contribution in [-0.2, 0) is 44.2 Å². The summed E-state index contributed by atoms with van der Waals surface area (Å²) >= 11 is 0. The van der Waals surface area contributed by atoms with Crippen LogP contribution in [-0.4, -0.2) is 75.0 Å². The third-order valence-corrected chi connectivity index (χ3v) is 16.7. The zero-order valence-electron chi connectivity index (χ0n) is 31.2. The van der Waals surface area contributed by atoms with E-state index >= 15 is 4.79 Å². The van der Waals surface area contributed by atoms with Gasteiger partial charge < -0.3 is 29.1 Å². The van der Waals surface area contributed by atoms with Gasteiger partial charge in [0, 0.05) is 23.7 Å². The predicted molar refractivity (Wildman–Crippen MR) is 209 cm³/mol. The van der Waals surface area contributed by atoms with Crippen molar-refractivity contribution in [1.82, 2.24) is 4.90 Å². The van der Waals surface area contributed by atoms with Crippen molar-refractivity contribution in [3.63, 3.8) is 0 Å². The van der Waals surface area contributed by atoms with E-state index in [1.807, 2.05) is 78.9 Å². The maximum atomic E-state index is 15.3. The lowest BCUT2D eigenvalue weighted by Crippen LogP contribution is -2.52. The van der Waals surface area contributed by atoms with Gasteiger partial charge in [0.2, 0.25) is 5.91 Å². The molecule has 0 radical (unpaired) electrons. The topological polar surface area (TPSA) is 109 Å². The van der Waals surface area contributed by atoms with E-state index in [1.54, 1.807) is 21.8 Å². The van der Waals surface area contributed by atoms with Crippen LogP contribution in [0.3, 0.4) is 0 Å². The number of carbonyl (C=O) groups excluding carboxylic acids is 3. The third kappa shape index (κ3) is 5.89. The summed E-state index contributed by atoms with van der Waals surface area (Å²) in [6.07, 6.45) is -0.407. The third-order valence-electron chi connectivity index (χ3n) is 12.3. The molecule has 54 heavy (non-hydrogen) atoms. The SMILES string of the molecule is COc1ccc([Si](C)(C)[C@@H]2[C@@H](CC(=O)N3Cc4ccccc4C[C@H]3CO)O[C@]3(C(=O)N(Cc4ccccc4)c4ccc(N5CCOC5=O)cc43)[C@H]2C)cc1. The lowest BCUT2D eigenvalue weighted by molar-refractivity contribution is -0.151. The molecule has 8 rings (SSSR count). The van der Waals surface area contributed by atoms with Crippen molar-refractivity contribution in [2.24, 2.45) is 5.92 Å². The fourth-order valence-corrected chi connectivity index (χ4v) is 13.6. The Hall–Kier alpha value is -4.97. The van der Waals surface area contributed by atoms with Crippen LogP contribution in [0.15, 0.2) is 97.1 Å². The molecule has 10 nitrogen and oxygen atoms in total. The summed E-state index contributed by atoms with van der Waals surface area (Å²) in [6.45, 7) is 7.98. The second-order valence-electron chi connectivity index (χ2n) is 15.5. The summed E-state index contributed by atoms with van der Waals surface area (Å²) < 4.78 is 18.1. The highest BCUT2D eigenvalue weighted by molar-refractivity contribution is 6.91. The minimum absolute atomic E-state index is 0.0570. The van der Waals surface area contributed by atoms with E-state index in [1.165, 1.54) is 5.19 Å². The van der Waals surface area contributed by atoms with Crippen LogP contribution in [0, 0.1) is 5.92 Å². The molecule has 4 aliphatic rings. The van der Waals surface area contributed by atoms with E-state index in [0.717, 1.165) is 28.1 Å². The van der Waals surface area contributed by atoms with Crippen LogP contribution in [0.2, 0.25) is 18.6 Å². The number of rotatable bonds is 9. The minimum atomic E-state index is -2.55. The fraction of sp³-hybridized carbons (Fsp3) is 0.372. The van der Waals surface area contributed by atoms with Gasteiger partial charge in [0.1, 0.15) is 12.4 Å². The van der Waals surface area contributed by atoms with E-state index in [0.29, 0.717) is 37.3 Å². The second-order valence-corrected chi connectivity index (χ2v) is 20.2. The number of cyclic esters (lactones) is 1. The molecule has 4 aromatic carbocycles. The number of amides is 3. The molecule has 0 aliphatic carbocycles. The maximum absolute atomic E-state index is 15.3. The lowest BCUT2D eigenvalue weighted by Gasteiger charge is -2.39. The van der Waals surface area contributed by atoms with Crippen molar-refractivity contribution >= 4 is 42.5 Å². The van der Waals surface area contributed by atoms with Crippen molar-refractivity contribution in [1.29, 1.82) is 0 Å². The largest absolute Gasteiger partial charge is 0.497 e. The van der Waals surface area contributed by atoms with Crippen LogP contribution < -0.4 is 19.7 Å². The van der Waals surface area contributed by atoms with Gasteiger partial charge in [-0.25, -0.2) is 4.79 Å². The zero-order chi connectivity index (χ0) is 37.8. The monoisotopic (exact) mass is 745 g/mol. The molecule has 1 N–H and O–H groups in total. The number of aliphatic hydroxyl groups is 1. The molecule has 4 heterocycles. The first-order chi connectivity index (χ1) is 26.1. The number of aliphatic hydroxyl groups excluding tert-OH is 1. The molecule has 280 valence electrons. The highest BCUT2D eigenvalue weighted by Gasteiger charge is 2.66. The van der Waals surface area contributed by atoms with E-state index in [4.69, 9.17) is 14.2 Å². The van der Waals surface area contributed by atoms with Gasteiger partial charge in [0.15, 0.2) is 5.60 Å². The van der Waals surface area contributed by atoms with Gasteiger partial charge in [-0.15, -0.1) is 0 Å². The molecule has 2 saturated heterocycles. The number of nitrogens with zero attached hydrogens (tertiary/aromatic N) is 3. The Bertz CT molecular complexity index is 2080. The van der Waals surface area contributed by atoms with Crippen LogP contribution >= 0.6 is 0 Å². The Labute approximate surface area is 317 Å². The number of hydrogen-bond acceptors (Lipinski definition) is 7. The van der Waals surface area contributed by atoms with Gasteiger partial charge in [-0.05, 0) is 59.0 Å². The van der Waals surface area contributed by atoms with Crippen molar-refractivity contribution in [2.45, 2.75) is 69.2 Å². The van der Waals surface area contributed by atoms with Gasteiger partial charge in [-0.1, -0.05) is 91.9 Å². The highest BCUT2D eigenvalue weighted by Crippen LogP contribution is 2.60. The molecule has 2 fully saturated rings. The standard InChI is InChI=1S/C43H47N3O7Si/c1-28-40(54(3,4)35-17-15-34(51-2)16-18-35)38(24-39(48)45-26-31-13-9-8-12-30(31)22-33(45)27-47)53-43(28)36-23-32(44-20-21-52-42(44)50)14-19-37(36)46(41(43)49)25-29-10-6-5-7-11-29/h5-19,23,28,33,38,40,47H,20-22,24-27H2,1-4H3/t28-,33-,38+,40-,43+/m0/s1. The number of anilines is 2. The van der Waals surface area contributed by atoms with E-state index < -0.39 is 25.9 Å². The fourth-order valence-electron chi connectivity index (χ4n) is 9.55. The molecule has 5 atom stereocenters. The van der Waals surface area contributed by atoms with E-state index in [9.17, 15) is 14.7 Å². The number of ether oxygens (including phenoxy) is 3. The van der Waals surface area contributed by atoms with Crippen molar-refractivity contribution in [3.8, 4) is 5.75 Å². The average Bonchev–Trinajstić information content (AvgIpc) is 3.82. The van der Waals surface area contributed by atoms with E-state index in [2.05, 4.69) is 38.2 Å². The number of carbonyl (C=O) groups is 3. The molecule has 4 aromatic rings. The van der Waals surface area contributed by atoms with Gasteiger partial charge in [0.05, 0.1) is 59.1 Å². The average molecular weight is 746 g/mol. The quantitative estimate of drug-likeness (QED) is 0.218. The molecule has 3 amide bonds. The van der Waals surface area contributed by atoms with Crippen LogP contribution in [0.25, 0.3) is 0 Å². The molecule has 0 aromatic heterocycles. The predicted octanol–water partition coefficient (Wildman–Crippen LogP) is 5.75. The summed E-state index contributed by atoms with van der Waals surface area (Å²) in [5, 5.41) is 11.7. The summed E-state index contributed by atoms with van der Waals surface area (Å²) in [4.78, 5) is 47.9. The summed E-state index contributed by atoms with van der Waals surface area (Å²) in [7, 11) is -0.906. The first-order valence-corrected chi connectivity index (χ1v) is 21.9. The Kier molecular flexibility index (Phi) is 9.36. The summed E-state index contributed by atoms with van der Waals surface area (Å²) in [5.74, 6) is 0.132. The van der Waals surface area contributed by atoms with Crippen LogP contribution in [0.1, 0.15) is 35.6 Å². The second kappa shape index (κ2) is 14.0. The van der Waals surface area contributed by atoms with Crippen LogP contribution in [0.5, 0.6) is 5.75 Å². The molecule has 0 bridgehead atoms. The zero-order valence-corrected chi connectivity index (χ0v) is 32.2. The Morgan fingerprint density at radius 1 is 0.963 bits per heavy atom. The summed E-state index contributed by atoms with van der Waals surface area (Å²) in [5.41, 5.74) is 3.67.